The maximum absolute atomic E-state index is 11.7. The number of allylic oxidation sites excluding steroid dienone is 1. The molecule has 0 unspecified atom stereocenters. The molecule has 0 aliphatic heterocycles. The van der Waals surface area contributed by atoms with Gasteiger partial charge in [-0.2, -0.15) is 0 Å². The Morgan fingerprint density at radius 1 is 1.12 bits per heavy atom. The van der Waals surface area contributed by atoms with Gasteiger partial charge in [0, 0.05) is 0 Å². The summed E-state index contributed by atoms with van der Waals surface area (Å²) in [7, 11) is -3.14. The number of rotatable bonds is 6. The van der Waals surface area contributed by atoms with E-state index >= 15 is 0 Å². The van der Waals surface area contributed by atoms with Gasteiger partial charge in [0.25, 0.3) is 5.91 Å². The number of nitrogens with zero attached hydrogens (tertiary/aromatic N) is 1. The number of primary amides is 1. The van der Waals surface area contributed by atoms with Gasteiger partial charge < -0.3 is 9.96 Å². The van der Waals surface area contributed by atoms with Crippen molar-refractivity contribution in [2.75, 3.05) is 0 Å². The highest BCUT2D eigenvalue weighted by molar-refractivity contribution is 6.90. The molecule has 0 saturated heterocycles. The van der Waals surface area contributed by atoms with Gasteiger partial charge in [0.1, 0.15) is 16.5 Å². The van der Waals surface area contributed by atoms with E-state index in [0.29, 0.717) is 0 Å². The molecule has 0 atom stereocenters. The van der Waals surface area contributed by atoms with E-state index in [2.05, 4.69) is 50.4 Å². The Bertz CT molecular complexity index is 287. The van der Waals surface area contributed by atoms with E-state index in [4.69, 9.17) is 5.73 Å². The molecule has 0 saturated carbocycles. The molecule has 5 heteroatoms. The SMILES string of the molecule is CCC/C=C(\C(N)=O)N([Si](C)(C)C)[Si](C)(C)C. The predicted octanol–water partition coefficient (Wildman–Crippen LogP) is 3.13. The molecule has 0 aromatic rings. The third-order valence-electron chi connectivity index (χ3n) is 2.46. The smallest absolute Gasteiger partial charge is 0.263 e. The first-order valence-corrected chi connectivity index (χ1v) is 13.2. The quantitative estimate of drug-likeness (QED) is 0.596. The summed E-state index contributed by atoms with van der Waals surface area (Å²) < 4.78 is 2.39. The van der Waals surface area contributed by atoms with Crippen molar-refractivity contribution in [2.45, 2.75) is 59.0 Å². The lowest BCUT2D eigenvalue weighted by Crippen LogP contribution is -2.60. The van der Waals surface area contributed by atoms with E-state index in [1.165, 1.54) is 0 Å². The third-order valence-corrected chi connectivity index (χ3v) is 9.65. The highest BCUT2D eigenvalue weighted by Gasteiger charge is 2.37. The fourth-order valence-electron chi connectivity index (χ4n) is 2.31. The molecule has 0 rings (SSSR count). The molecule has 0 spiro atoms. The van der Waals surface area contributed by atoms with Crippen LogP contribution in [-0.2, 0) is 4.79 Å². The van der Waals surface area contributed by atoms with Crippen LogP contribution in [-0.4, -0.2) is 26.6 Å². The van der Waals surface area contributed by atoms with Crippen LogP contribution in [0.25, 0.3) is 0 Å². The van der Waals surface area contributed by atoms with Crippen LogP contribution >= 0.6 is 0 Å². The molecule has 0 bridgehead atoms. The minimum Gasteiger partial charge on any atom is -0.420 e. The molecule has 3 nitrogen and oxygen atoms in total. The fourth-order valence-corrected chi connectivity index (χ4v) is 12.2. The molecule has 0 aliphatic carbocycles. The molecule has 0 heterocycles. The summed E-state index contributed by atoms with van der Waals surface area (Å²) in [5.41, 5.74) is 6.32. The Labute approximate surface area is 108 Å². The highest BCUT2D eigenvalue weighted by Crippen LogP contribution is 2.25. The first-order valence-electron chi connectivity index (χ1n) is 6.32. The second-order valence-corrected chi connectivity index (χ2v) is 16.4. The van der Waals surface area contributed by atoms with Crippen molar-refractivity contribution in [3.05, 3.63) is 11.8 Å². The molecule has 0 fully saturated rings. The minimum absolute atomic E-state index is 0.275. The predicted molar refractivity (Wildman–Crippen MR) is 80.7 cm³/mol. The number of nitrogens with two attached hydrogens (primary N) is 1. The molecular weight excluding hydrogens is 244 g/mol. The number of hydrogen-bond acceptors (Lipinski definition) is 2. The van der Waals surface area contributed by atoms with Crippen LogP contribution in [0.1, 0.15) is 19.8 Å². The molecule has 0 aromatic heterocycles. The zero-order valence-electron chi connectivity index (χ0n) is 12.4. The van der Waals surface area contributed by atoms with Crippen LogP contribution in [0.3, 0.4) is 0 Å². The summed E-state index contributed by atoms with van der Waals surface area (Å²) in [6, 6.07) is 0. The second-order valence-electron chi connectivity index (χ2n) is 6.42. The van der Waals surface area contributed by atoms with Gasteiger partial charge in [0.05, 0.1) is 5.70 Å². The second kappa shape index (κ2) is 5.86. The van der Waals surface area contributed by atoms with Crippen molar-refractivity contribution in [1.82, 2.24) is 4.23 Å². The van der Waals surface area contributed by atoms with Gasteiger partial charge in [0.2, 0.25) is 0 Å². The average molecular weight is 273 g/mol. The summed E-state index contributed by atoms with van der Waals surface area (Å²) in [6.45, 7) is 15.7. The van der Waals surface area contributed by atoms with Gasteiger partial charge in [-0.05, 0) is 6.42 Å². The number of carbonyl (C=O) groups excluding carboxylic acids is 1. The number of carbonyl (C=O) groups is 1. The van der Waals surface area contributed by atoms with Gasteiger partial charge in [0.15, 0.2) is 0 Å². The van der Waals surface area contributed by atoms with Crippen LogP contribution in [0.5, 0.6) is 0 Å². The van der Waals surface area contributed by atoms with Crippen molar-refractivity contribution >= 4 is 22.4 Å². The standard InChI is InChI=1S/C12H28N2OSi2/c1-8-9-10-11(12(13)15)14(16(2,3)4)17(5,6)7/h10H,8-9H2,1-7H3,(H2,13,15)/b11-10+. The van der Waals surface area contributed by atoms with Gasteiger partial charge in [-0.15, -0.1) is 0 Å². The van der Waals surface area contributed by atoms with Crippen molar-refractivity contribution in [3.8, 4) is 0 Å². The van der Waals surface area contributed by atoms with Crippen molar-refractivity contribution in [2.24, 2.45) is 5.73 Å². The molecular formula is C12H28N2OSi2. The molecule has 100 valence electrons. The fraction of sp³-hybridized carbons (Fsp3) is 0.750. The van der Waals surface area contributed by atoms with E-state index < -0.39 is 16.5 Å². The first-order chi connectivity index (χ1) is 7.51. The molecule has 0 aliphatic rings. The lowest BCUT2D eigenvalue weighted by Gasteiger charge is -2.46. The van der Waals surface area contributed by atoms with Gasteiger partial charge in [-0.25, -0.2) is 0 Å². The minimum atomic E-state index is -1.57. The van der Waals surface area contributed by atoms with E-state index in [-0.39, 0.29) is 5.91 Å². The topological polar surface area (TPSA) is 46.3 Å². The van der Waals surface area contributed by atoms with Crippen LogP contribution in [0, 0.1) is 0 Å². The average Bonchev–Trinajstić information content (AvgIpc) is 2.06. The Kier molecular flexibility index (Phi) is 5.67. The maximum atomic E-state index is 11.7. The highest BCUT2D eigenvalue weighted by atomic mass is 28.4. The Morgan fingerprint density at radius 2 is 1.53 bits per heavy atom. The molecule has 0 aromatic carbocycles. The number of hydrogen-bond donors (Lipinski definition) is 1. The Hall–Kier alpha value is -0.556. The van der Waals surface area contributed by atoms with E-state index in [1.54, 1.807) is 0 Å². The number of amides is 1. The molecule has 2 N–H and O–H groups in total. The molecule has 0 radical (unpaired) electrons. The van der Waals surface area contributed by atoms with Crippen LogP contribution in [0.4, 0.5) is 0 Å². The number of unbranched alkanes of at least 4 members (excludes halogenated alkanes) is 1. The maximum Gasteiger partial charge on any atom is 0.263 e. The van der Waals surface area contributed by atoms with Gasteiger partial charge >= 0.3 is 0 Å². The summed E-state index contributed by atoms with van der Waals surface area (Å²) in [5, 5.41) is 0. The lowest BCUT2D eigenvalue weighted by molar-refractivity contribution is -0.115. The zero-order chi connectivity index (χ0) is 13.9. The van der Waals surface area contributed by atoms with Crippen molar-refractivity contribution < 1.29 is 4.79 Å². The van der Waals surface area contributed by atoms with E-state index in [1.807, 2.05) is 6.08 Å². The Morgan fingerprint density at radius 3 is 1.76 bits per heavy atom. The van der Waals surface area contributed by atoms with E-state index in [0.717, 1.165) is 18.5 Å². The van der Waals surface area contributed by atoms with Crippen molar-refractivity contribution in [3.63, 3.8) is 0 Å². The summed E-state index contributed by atoms with van der Waals surface area (Å²) in [4.78, 5) is 11.7. The summed E-state index contributed by atoms with van der Waals surface area (Å²) in [6.07, 6.45) is 3.99. The van der Waals surface area contributed by atoms with Crippen LogP contribution < -0.4 is 5.73 Å². The van der Waals surface area contributed by atoms with Crippen LogP contribution in [0.15, 0.2) is 11.8 Å². The normalized spacial score (nSPS) is 13.7. The molecule has 1 amide bonds. The van der Waals surface area contributed by atoms with Gasteiger partial charge in [-0.3, -0.25) is 4.79 Å². The summed E-state index contributed by atoms with van der Waals surface area (Å²) >= 11 is 0. The van der Waals surface area contributed by atoms with Crippen molar-refractivity contribution in [1.29, 1.82) is 0 Å². The third kappa shape index (κ3) is 5.08. The van der Waals surface area contributed by atoms with Gasteiger partial charge in [-0.1, -0.05) is 58.7 Å². The van der Waals surface area contributed by atoms with E-state index in [9.17, 15) is 4.79 Å². The largest absolute Gasteiger partial charge is 0.420 e. The first kappa shape index (κ1) is 16.4. The Balaban J connectivity index is 5.48. The van der Waals surface area contributed by atoms with Crippen LogP contribution in [0.2, 0.25) is 39.3 Å². The monoisotopic (exact) mass is 272 g/mol. The lowest BCUT2D eigenvalue weighted by atomic mass is 10.3. The zero-order valence-corrected chi connectivity index (χ0v) is 14.4. The molecule has 17 heavy (non-hydrogen) atoms. The summed E-state index contributed by atoms with van der Waals surface area (Å²) in [5.74, 6) is -0.275.